The molecule has 0 aromatic carbocycles. The summed E-state index contributed by atoms with van der Waals surface area (Å²) in [4.78, 5) is 24.2. The summed E-state index contributed by atoms with van der Waals surface area (Å²) in [7, 11) is 0. The quantitative estimate of drug-likeness (QED) is 0.422. The molecule has 1 saturated heterocycles. The molecule has 0 saturated carbocycles. The van der Waals surface area contributed by atoms with Crippen molar-refractivity contribution in [1.29, 1.82) is 0 Å². The van der Waals surface area contributed by atoms with E-state index in [0.29, 0.717) is 17.3 Å². The molecule has 1 unspecified atom stereocenters. The number of halogens is 3. The Morgan fingerprint density at radius 1 is 1.13 bits per heavy atom. The molecule has 1 atom stereocenters. The number of aromatic nitrogens is 4. The normalized spacial score (nSPS) is 18.9. The first-order valence-corrected chi connectivity index (χ1v) is 12.8. The monoisotopic (exact) mass is 525 g/mol. The highest BCUT2D eigenvalue weighted by Gasteiger charge is 2.31. The fourth-order valence-electron chi connectivity index (χ4n) is 5.20. The van der Waals surface area contributed by atoms with Gasteiger partial charge in [-0.3, -0.25) is 14.7 Å². The predicted molar refractivity (Wildman–Crippen MR) is 136 cm³/mol. The van der Waals surface area contributed by atoms with E-state index in [2.05, 4.69) is 21.1 Å². The molecule has 0 amide bonds. The summed E-state index contributed by atoms with van der Waals surface area (Å²) in [5.74, 6) is 0.0680. The molecule has 2 aliphatic rings. The lowest BCUT2D eigenvalue weighted by molar-refractivity contribution is -0.137. The van der Waals surface area contributed by atoms with E-state index in [-0.39, 0.29) is 18.0 Å². The van der Waals surface area contributed by atoms with Gasteiger partial charge < -0.3 is 4.74 Å². The van der Waals surface area contributed by atoms with Crippen molar-refractivity contribution in [3.8, 4) is 5.82 Å². The van der Waals surface area contributed by atoms with Crippen LogP contribution in [0, 0.1) is 13.8 Å². The Morgan fingerprint density at radius 3 is 2.55 bits per heavy atom. The Morgan fingerprint density at radius 2 is 1.92 bits per heavy atom. The van der Waals surface area contributed by atoms with Crippen LogP contribution >= 0.6 is 0 Å². The summed E-state index contributed by atoms with van der Waals surface area (Å²) in [6.07, 6.45) is 5.10. The number of pyridine rings is 2. The lowest BCUT2D eigenvalue weighted by Gasteiger charge is -2.36. The van der Waals surface area contributed by atoms with Gasteiger partial charge in [0.1, 0.15) is 0 Å². The number of hydrogen-bond donors (Lipinski definition) is 0. The minimum Gasteiger partial charge on any atom is -0.379 e. The van der Waals surface area contributed by atoms with Gasteiger partial charge in [-0.15, -0.1) is 0 Å². The second kappa shape index (κ2) is 10.8. The summed E-state index contributed by atoms with van der Waals surface area (Å²) in [5.41, 5.74) is 4.13. The molecule has 3 aromatic rings. The van der Waals surface area contributed by atoms with Crippen LogP contribution < -0.4 is 0 Å². The molecular weight excluding hydrogens is 495 g/mol. The fraction of sp³-hybridized carbons (Fsp3) is 0.429. The van der Waals surface area contributed by atoms with Crippen molar-refractivity contribution in [2.24, 2.45) is 0 Å². The highest BCUT2D eigenvalue weighted by Crippen LogP contribution is 2.31. The van der Waals surface area contributed by atoms with Crippen LogP contribution in [0.2, 0.25) is 0 Å². The average Bonchev–Trinajstić information content (AvgIpc) is 3.31. The second-order valence-corrected chi connectivity index (χ2v) is 9.89. The van der Waals surface area contributed by atoms with E-state index in [1.165, 1.54) is 22.5 Å². The lowest BCUT2D eigenvalue weighted by atomic mass is 9.90. The smallest absolute Gasteiger partial charge is 0.379 e. The number of rotatable bonds is 6. The highest BCUT2D eigenvalue weighted by atomic mass is 19.4. The fourth-order valence-corrected chi connectivity index (χ4v) is 5.20. The Labute approximate surface area is 219 Å². The topological polar surface area (TPSA) is 73.1 Å². The summed E-state index contributed by atoms with van der Waals surface area (Å²) in [6.45, 7) is 7.31. The summed E-state index contributed by atoms with van der Waals surface area (Å²) in [6, 6.07) is 4.74. The maximum absolute atomic E-state index is 13.1. The van der Waals surface area contributed by atoms with Crippen molar-refractivity contribution in [3.63, 3.8) is 0 Å². The average molecular weight is 526 g/mol. The van der Waals surface area contributed by atoms with Gasteiger partial charge in [-0.05, 0) is 61.9 Å². The van der Waals surface area contributed by atoms with Crippen molar-refractivity contribution in [2.45, 2.75) is 51.7 Å². The van der Waals surface area contributed by atoms with Crippen LogP contribution in [0.4, 0.5) is 13.2 Å². The van der Waals surface area contributed by atoms with Crippen LogP contribution in [0.1, 0.15) is 57.7 Å². The molecule has 1 aliphatic carbocycles. The van der Waals surface area contributed by atoms with Crippen LogP contribution in [-0.4, -0.2) is 62.8 Å². The number of ether oxygens (including phenoxy) is 1. The van der Waals surface area contributed by atoms with Gasteiger partial charge in [0, 0.05) is 44.1 Å². The van der Waals surface area contributed by atoms with Gasteiger partial charge in [-0.25, -0.2) is 9.67 Å². The first-order valence-electron chi connectivity index (χ1n) is 12.8. The van der Waals surface area contributed by atoms with Gasteiger partial charge in [0.2, 0.25) is 0 Å². The van der Waals surface area contributed by atoms with E-state index in [0.717, 1.165) is 74.6 Å². The molecule has 0 spiro atoms. The number of carbonyl (C=O) groups is 1. The largest absolute Gasteiger partial charge is 0.417 e. The van der Waals surface area contributed by atoms with Gasteiger partial charge in [-0.2, -0.15) is 18.3 Å². The zero-order valence-electron chi connectivity index (χ0n) is 21.5. The minimum absolute atomic E-state index is 0.139. The zero-order valence-corrected chi connectivity index (χ0v) is 21.5. The van der Waals surface area contributed by atoms with Crippen LogP contribution in [-0.2, 0) is 17.3 Å². The molecule has 0 bridgehead atoms. The van der Waals surface area contributed by atoms with E-state index >= 15 is 0 Å². The van der Waals surface area contributed by atoms with Crippen LogP contribution in [0.15, 0.2) is 42.9 Å². The van der Waals surface area contributed by atoms with Gasteiger partial charge in [0.25, 0.3) is 0 Å². The molecule has 1 aliphatic heterocycles. The number of alkyl halides is 3. The Hall–Kier alpha value is -3.37. The van der Waals surface area contributed by atoms with E-state index in [1.54, 1.807) is 13.1 Å². The summed E-state index contributed by atoms with van der Waals surface area (Å²) < 4.78 is 45.3. The number of ketones is 1. The lowest BCUT2D eigenvalue weighted by Crippen LogP contribution is -2.43. The number of hydrogen-bond acceptors (Lipinski definition) is 6. The molecule has 1 fully saturated rings. The number of allylic oxidation sites excluding steroid dienone is 1. The van der Waals surface area contributed by atoms with Crippen molar-refractivity contribution in [3.05, 3.63) is 76.5 Å². The third-order valence-electron chi connectivity index (χ3n) is 7.26. The maximum atomic E-state index is 13.1. The maximum Gasteiger partial charge on any atom is 0.417 e. The number of carbonyl (C=O) groups excluding carboxylic acids is 1. The third kappa shape index (κ3) is 5.71. The molecule has 200 valence electrons. The number of Topliss-reactive ketones (excluding diaryl/α,β-unsaturated/α-hetero) is 1. The molecule has 0 N–H and O–H groups in total. The number of nitrogens with zero attached hydrogens (tertiary/aromatic N) is 5. The first kappa shape index (κ1) is 26.2. The molecule has 38 heavy (non-hydrogen) atoms. The van der Waals surface area contributed by atoms with Crippen molar-refractivity contribution in [2.75, 3.05) is 26.3 Å². The molecule has 4 heterocycles. The summed E-state index contributed by atoms with van der Waals surface area (Å²) >= 11 is 0. The van der Waals surface area contributed by atoms with Crippen LogP contribution in [0.25, 0.3) is 11.4 Å². The van der Waals surface area contributed by atoms with Gasteiger partial charge in [-0.1, -0.05) is 12.1 Å². The Bertz CT molecular complexity index is 1340. The molecule has 10 heteroatoms. The molecule has 7 nitrogen and oxygen atoms in total. The number of morpholine rings is 1. The highest BCUT2D eigenvalue weighted by molar-refractivity contribution is 5.98. The standard InChI is InChI=1S/C28H30F3N5O2/c1-18-13-20(15-33-27(18)21-3-6-23(7-4-21)35-9-11-38-12-10-35)14-25(37)24-17-36(34-19(24)2)26-8-5-22(16-32-26)28(29,30)31/h3,5,8,13,15-17,23H,4,6-7,9-12,14H2,1-2H3. The van der Waals surface area contributed by atoms with Crippen molar-refractivity contribution < 1.29 is 22.7 Å². The van der Waals surface area contributed by atoms with Crippen LogP contribution in [0.3, 0.4) is 0 Å². The Kier molecular flexibility index (Phi) is 7.45. The second-order valence-electron chi connectivity index (χ2n) is 9.89. The SMILES string of the molecule is Cc1cc(CC(=O)c2cn(-c3ccc(C(F)(F)F)cn3)nc2C)cnc1C1=CCC(N2CCOCC2)CC1. The van der Waals surface area contributed by atoms with Gasteiger partial charge in [0.05, 0.1) is 35.7 Å². The Balaban J connectivity index is 1.25. The molecular formula is C28H30F3N5O2. The van der Waals surface area contributed by atoms with E-state index in [4.69, 9.17) is 9.72 Å². The van der Waals surface area contributed by atoms with E-state index in [1.807, 2.05) is 13.0 Å². The van der Waals surface area contributed by atoms with E-state index in [9.17, 15) is 18.0 Å². The first-order chi connectivity index (χ1) is 18.2. The summed E-state index contributed by atoms with van der Waals surface area (Å²) in [5, 5.41) is 4.29. The molecule has 0 radical (unpaired) electrons. The predicted octanol–water partition coefficient (Wildman–Crippen LogP) is 4.99. The van der Waals surface area contributed by atoms with Crippen molar-refractivity contribution in [1.82, 2.24) is 24.6 Å². The third-order valence-corrected chi connectivity index (χ3v) is 7.26. The minimum atomic E-state index is -4.47. The van der Waals surface area contributed by atoms with Gasteiger partial charge in [0.15, 0.2) is 11.6 Å². The van der Waals surface area contributed by atoms with Gasteiger partial charge >= 0.3 is 6.18 Å². The van der Waals surface area contributed by atoms with Crippen LogP contribution in [0.5, 0.6) is 0 Å². The zero-order chi connectivity index (χ0) is 26.9. The molecule has 5 rings (SSSR count). The number of aryl methyl sites for hydroxylation is 2. The van der Waals surface area contributed by atoms with Crippen molar-refractivity contribution >= 4 is 11.4 Å². The molecule has 3 aromatic heterocycles. The van der Waals surface area contributed by atoms with E-state index < -0.39 is 11.7 Å².